The monoisotopic (exact) mass is 775 g/mol. The molecule has 6 N–H and O–H groups in total. The van der Waals surface area contributed by atoms with Crippen molar-refractivity contribution >= 4 is 35.5 Å². The van der Waals surface area contributed by atoms with Gasteiger partial charge in [0, 0.05) is 26.3 Å². The van der Waals surface area contributed by atoms with Gasteiger partial charge in [-0.3, -0.25) is 24.0 Å². The summed E-state index contributed by atoms with van der Waals surface area (Å²) in [4.78, 5) is 79.3. The molecule has 13 nitrogen and oxygen atoms in total. The molecule has 1 unspecified atom stereocenters. The molecule has 298 valence electrons. The molecule has 0 saturated heterocycles. The smallest absolute Gasteiger partial charge is 0.326 e. The molecule has 6 rings (SSSR count). The highest BCUT2D eigenvalue weighted by molar-refractivity contribution is 5.95. The fourth-order valence-electron chi connectivity index (χ4n) is 6.50. The second-order valence-corrected chi connectivity index (χ2v) is 14.0. The highest BCUT2D eigenvalue weighted by atomic mass is 16.5. The van der Waals surface area contributed by atoms with E-state index in [1.165, 1.54) is 6.92 Å². The number of carboxylic acid groups (broad SMARTS) is 1. The fourth-order valence-corrected chi connectivity index (χ4v) is 6.50. The number of carboxylic acids is 1. The third-order valence-electron chi connectivity index (χ3n) is 9.62. The van der Waals surface area contributed by atoms with Crippen molar-refractivity contribution in [3.63, 3.8) is 0 Å². The Morgan fingerprint density at radius 2 is 1.26 bits per heavy atom. The first kappa shape index (κ1) is 41.7. The zero-order valence-electron chi connectivity index (χ0n) is 31.9. The number of hydrogen-bond acceptors (Lipinski definition) is 7. The molecule has 4 aromatic rings. The van der Waals surface area contributed by atoms with Crippen molar-refractivity contribution in [2.75, 3.05) is 13.2 Å². The Morgan fingerprint density at radius 1 is 0.667 bits per heavy atom. The van der Waals surface area contributed by atoms with Gasteiger partial charge in [0.2, 0.25) is 23.6 Å². The summed E-state index contributed by atoms with van der Waals surface area (Å²) in [5.41, 5.74) is 4.19. The van der Waals surface area contributed by atoms with Crippen molar-refractivity contribution in [3.05, 3.63) is 126 Å². The lowest BCUT2D eigenvalue weighted by molar-refractivity contribution is -0.142. The Hall–Kier alpha value is -6.50. The summed E-state index contributed by atoms with van der Waals surface area (Å²) < 4.78 is 5.68. The zero-order valence-corrected chi connectivity index (χ0v) is 31.9. The summed E-state index contributed by atoms with van der Waals surface area (Å²) in [6, 6.07) is 28.4. The van der Waals surface area contributed by atoms with E-state index in [2.05, 4.69) is 26.6 Å². The molecule has 2 heterocycles. The number of amides is 5. The van der Waals surface area contributed by atoms with Crippen LogP contribution in [0.5, 0.6) is 5.75 Å². The van der Waals surface area contributed by atoms with Crippen LogP contribution in [-0.2, 0) is 48.0 Å². The van der Waals surface area contributed by atoms with Crippen molar-refractivity contribution in [1.29, 1.82) is 0 Å². The Labute approximate surface area is 332 Å². The van der Waals surface area contributed by atoms with Gasteiger partial charge in [0.25, 0.3) is 5.91 Å². The Balaban J connectivity index is 1.46. The van der Waals surface area contributed by atoms with Crippen LogP contribution < -0.4 is 31.3 Å². The van der Waals surface area contributed by atoms with E-state index in [4.69, 9.17) is 4.74 Å². The largest absolute Gasteiger partial charge is 0.484 e. The van der Waals surface area contributed by atoms with Gasteiger partial charge in [-0.15, -0.1) is 0 Å². The number of unbranched alkanes of at least 4 members (excludes halogenated alkanes) is 1. The van der Waals surface area contributed by atoms with Crippen molar-refractivity contribution in [2.24, 2.45) is 0 Å². The topological polar surface area (TPSA) is 192 Å². The number of aryl methyl sites for hydroxylation is 1. The molecule has 0 radical (unpaired) electrons. The molecule has 0 aliphatic carbocycles. The third-order valence-corrected chi connectivity index (χ3v) is 9.62. The summed E-state index contributed by atoms with van der Waals surface area (Å²) in [6.07, 6.45) is 1.72. The zero-order chi connectivity index (χ0) is 40.6. The van der Waals surface area contributed by atoms with Crippen LogP contribution in [0.25, 0.3) is 11.1 Å². The molecule has 5 amide bonds. The summed E-state index contributed by atoms with van der Waals surface area (Å²) in [7, 11) is 0. The van der Waals surface area contributed by atoms with Gasteiger partial charge in [-0.25, -0.2) is 4.79 Å². The predicted octanol–water partition coefficient (Wildman–Crippen LogP) is 3.49. The van der Waals surface area contributed by atoms with Crippen molar-refractivity contribution in [3.8, 4) is 16.9 Å². The van der Waals surface area contributed by atoms with Gasteiger partial charge < -0.3 is 36.4 Å². The first-order valence-electron chi connectivity index (χ1n) is 19.1. The molecule has 0 saturated carbocycles. The molecular formula is C44H49N5O8. The van der Waals surface area contributed by atoms with Gasteiger partial charge in [0.1, 0.15) is 29.9 Å². The lowest BCUT2D eigenvalue weighted by Gasteiger charge is -2.26. The maximum absolute atomic E-state index is 14.3. The van der Waals surface area contributed by atoms with Crippen LogP contribution in [0.1, 0.15) is 49.3 Å². The SMILES string of the molecule is CC(=O)NCCCC[C@@H]1NC(=O)COc2ccc(cc2)C[C@@H](C(=O)O)NC(=O)C(CCc2ccccc2)NC(=O)[C@@H](Cc2ccc(-c3ccccc3)cc2)NC1=O. The van der Waals surface area contributed by atoms with Crippen molar-refractivity contribution in [2.45, 2.75) is 76.0 Å². The van der Waals surface area contributed by atoms with E-state index in [1.54, 1.807) is 24.3 Å². The lowest BCUT2D eigenvalue weighted by atomic mass is 9.99. The van der Waals surface area contributed by atoms with Crippen molar-refractivity contribution in [1.82, 2.24) is 26.6 Å². The first-order chi connectivity index (χ1) is 27.5. The van der Waals surface area contributed by atoms with E-state index in [0.29, 0.717) is 37.1 Å². The number of fused-ring (bicyclic) bond motifs is 16. The van der Waals surface area contributed by atoms with Gasteiger partial charge in [0.15, 0.2) is 6.61 Å². The lowest BCUT2D eigenvalue weighted by Crippen LogP contribution is -2.58. The molecule has 2 aliphatic rings. The molecule has 4 aromatic carbocycles. The highest BCUT2D eigenvalue weighted by Crippen LogP contribution is 2.20. The highest BCUT2D eigenvalue weighted by Gasteiger charge is 2.32. The van der Waals surface area contributed by atoms with Crippen LogP contribution in [0.4, 0.5) is 0 Å². The van der Waals surface area contributed by atoms with E-state index in [9.17, 15) is 33.9 Å². The number of ether oxygens (including phenoxy) is 1. The summed E-state index contributed by atoms with van der Waals surface area (Å²) in [5.74, 6) is -3.65. The molecule has 2 aliphatic heterocycles. The second kappa shape index (κ2) is 21.0. The van der Waals surface area contributed by atoms with Crippen LogP contribution in [0.2, 0.25) is 0 Å². The maximum Gasteiger partial charge on any atom is 0.326 e. The average molecular weight is 776 g/mol. The molecular weight excluding hydrogens is 727 g/mol. The number of carbonyl (C=O) groups is 6. The van der Waals surface area contributed by atoms with E-state index in [1.807, 2.05) is 84.9 Å². The Morgan fingerprint density at radius 3 is 1.93 bits per heavy atom. The van der Waals surface area contributed by atoms with Gasteiger partial charge >= 0.3 is 5.97 Å². The van der Waals surface area contributed by atoms with Gasteiger partial charge in [-0.1, -0.05) is 97.1 Å². The van der Waals surface area contributed by atoms with Gasteiger partial charge in [0.05, 0.1) is 0 Å². The summed E-state index contributed by atoms with van der Waals surface area (Å²) in [5, 5.41) is 23.9. The maximum atomic E-state index is 14.3. The minimum absolute atomic E-state index is 0.0394. The number of rotatable bonds is 12. The normalized spacial score (nSPS) is 19.3. The molecule has 4 atom stereocenters. The number of aliphatic carboxylic acids is 1. The minimum Gasteiger partial charge on any atom is -0.484 e. The fraction of sp³-hybridized carbons (Fsp3) is 0.318. The third kappa shape index (κ3) is 13.3. The summed E-state index contributed by atoms with van der Waals surface area (Å²) >= 11 is 0. The Bertz CT molecular complexity index is 1970. The van der Waals surface area contributed by atoms with Crippen LogP contribution in [0.15, 0.2) is 109 Å². The molecule has 13 heteroatoms. The molecule has 0 spiro atoms. The van der Waals surface area contributed by atoms with Crippen LogP contribution in [0, 0.1) is 0 Å². The summed E-state index contributed by atoms with van der Waals surface area (Å²) in [6.45, 7) is 1.38. The van der Waals surface area contributed by atoms with E-state index >= 15 is 0 Å². The van der Waals surface area contributed by atoms with Crippen LogP contribution in [-0.4, -0.2) is 77.9 Å². The molecule has 0 fully saturated rings. The molecule has 57 heavy (non-hydrogen) atoms. The predicted molar refractivity (Wildman–Crippen MR) is 214 cm³/mol. The van der Waals surface area contributed by atoms with E-state index < -0.39 is 60.4 Å². The van der Waals surface area contributed by atoms with Gasteiger partial charge in [-0.2, -0.15) is 0 Å². The van der Waals surface area contributed by atoms with Crippen LogP contribution in [0.3, 0.4) is 0 Å². The molecule has 0 aromatic heterocycles. The van der Waals surface area contributed by atoms with Crippen molar-refractivity contribution < 1.29 is 38.6 Å². The average Bonchev–Trinajstić information content (AvgIpc) is 3.21. The number of nitrogens with one attached hydrogen (secondary N) is 5. The first-order valence-corrected chi connectivity index (χ1v) is 19.1. The van der Waals surface area contributed by atoms with E-state index in [-0.39, 0.29) is 31.6 Å². The minimum atomic E-state index is -1.32. The number of benzene rings is 4. The Kier molecular flexibility index (Phi) is 15.3. The van der Waals surface area contributed by atoms with E-state index in [0.717, 1.165) is 22.3 Å². The van der Waals surface area contributed by atoms with Gasteiger partial charge in [-0.05, 0) is 72.1 Å². The molecule has 2 bridgehead atoms. The standard InChI is InChI=1S/C44H49N5O8/c1-29(50)45-25-9-8-14-36-41(52)48-38(26-31-15-20-34(21-16-31)33-12-6-3-7-13-33)43(54)47-37(24-19-30-10-4-2-5-11-30)42(53)49-39(44(55)56)27-32-17-22-35(23-18-32)57-28-40(51)46-36/h2-7,10-13,15-18,20-23,36-39H,8-9,14,19,24-28H2,1H3,(H,45,50)(H,46,51)(H,47,54)(H,48,52)(H,49,53)(H,55,56)/t36-,37?,38+,39-/m0/s1. The number of carbonyl (C=O) groups excluding carboxylic acids is 5. The van der Waals surface area contributed by atoms with Crippen LogP contribution >= 0.6 is 0 Å². The second-order valence-electron chi connectivity index (χ2n) is 14.0. The number of hydrogen-bond donors (Lipinski definition) is 6. The quantitative estimate of drug-likeness (QED) is 0.0931.